The number of anilines is 3. The van der Waals surface area contributed by atoms with E-state index < -0.39 is 5.97 Å². The first-order chi connectivity index (χ1) is 13.2. The van der Waals surface area contributed by atoms with Crippen molar-refractivity contribution in [3.63, 3.8) is 0 Å². The van der Waals surface area contributed by atoms with Gasteiger partial charge >= 0.3 is 5.97 Å². The Labute approximate surface area is 158 Å². The molecule has 27 heavy (non-hydrogen) atoms. The van der Waals surface area contributed by atoms with Gasteiger partial charge in [-0.1, -0.05) is 54.6 Å². The van der Waals surface area contributed by atoms with Gasteiger partial charge in [-0.2, -0.15) is 0 Å². The molecule has 3 aromatic carbocycles. The average Bonchev–Trinajstić information content (AvgIpc) is 2.72. The van der Waals surface area contributed by atoms with Gasteiger partial charge in [0.15, 0.2) is 6.61 Å². The molecule has 1 amide bonds. The van der Waals surface area contributed by atoms with Gasteiger partial charge in [-0.3, -0.25) is 9.59 Å². The highest BCUT2D eigenvalue weighted by Gasteiger charge is 2.15. The number of hydrogen-bond donors (Lipinski definition) is 1. The van der Waals surface area contributed by atoms with Crippen molar-refractivity contribution in [2.75, 3.05) is 23.4 Å². The van der Waals surface area contributed by atoms with Crippen LogP contribution in [0.3, 0.4) is 0 Å². The van der Waals surface area contributed by atoms with Crippen LogP contribution in [0.5, 0.6) is 0 Å². The quantitative estimate of drug-likeness (QED) is 0.647. The Hall–Kier alpha value is -3.60. The molecule has 0 aliphatic heterocycles. The van der Waals surface area contributed by atoms with Crippen LogP contribution >= 0.6 is 0 Å². The third kappa shape index (κ3) is 5.44. The number of nitrogens with one attached hydrogen (secondary N) is 1. The average molecular weight is 360 g/mol. The van der Waals surface area contributed by atoms with Crippen molar-refractivity contribution in [2.24, 2.45) is 0 Å². The van der Waals surface area contributed by atoms with Gasteiger partial charge in [-0.25, -0.2) is 0 Å². The summed E-state index contributed by atoms with van der Waals surface area (Å²) in [7, 11) is 0. The maximum Gasteiger partial charge on any atom is 0.326 e. The van der Waals surface area contributed by atoms with Crippen LogP contribution in [0.4, 0.5) is 17.1 Å². The summed E-state index contributed by atoms with van der Waals surface area (Å²) in [5.41, 5.74) is 2.40. The summed E-state index contributed by atoms with van der Waals surface area (Å²) in [4.78, 5) is 26.1. The Kier molecular flexibility index (Phi) is 6.20. The zero-order chi connectivity index (χ0) is 18.9. The number of carbonyl (C=O) groups is 2. The molecule has 1 N–H and O–H groups in total. The maximum absolute atomic E-state index is 12.3. The molecule has 0 fully saturated rings. The number of esters is 1. The summed E-state index contributed by atoms with van der Waals surface area (Å²) in [6, 6.07) is 28.2. The predicted molar refractivity (Wildman–Crippen MR) is 106 cm³/mol. The van der Waals surface area contributed by atoms with Crippen molar-refractivity contribution in [1.29, 1.82) is 0 Å². The molecule has 0 aliphatic carbocycles. The minimum Gasteiger partial charge on any atom is -0.454 e. The molecule has 0 spiro atoms. The fourth-order valence-electron chi connectivity index (χ4n) is 2.59. The Morgan fingerprint density at radius 3 is 1.74 bits per heavy atom. The van der Waals surface area contributed by atoms with Crippen LogP contribution in [-0.4, -0.2) is 25.0 Å². The number of para-hydroxylation sites is 3. The van der Waals surface area contributed by atoms with Crippen molar-refractivity contribution < 1.29 is 14.3 Å². The molecule has 0 saturated carbocycles. The van der Waals surface area contributed by atoms with Gasteiger partial charge in [0.1, 0.15) is 6.54 Å². The Bertz CT molecular complexity index is 828. The van der Waals surface area contributed by atoms with Gasteiger partial charge in [-0.15, -0.1) is 0 Å². The molecule has 3 rings (SSSR count). The van der Waals surface area contributed by atoms with Gasteiger partial charge in [0.05, 0.1) is 0 Å². The molecule has 0 unspecified atom stereocenters. The SMILES string of the molecule is O=C(COC(=O)CN(c1ccccc1)c1ccccc1)Nc1ccccc1. The lowest BCUT2D eigenvalue weighted by Gasteiger charge is -2.24. The van der Waals surface area contributed by atoms with E-state index in [4.69, 9.17) is 4.74 Å². The zero-order valence-corrected chi connectivity index (χ0v) is 14.7. The second kappa shape index (κ2) is 9.20. The normalized spacial score (nSPS) is 10.1. The molecule has 0 bridgehead atoms. The second-order valence-corrected chi connectivity index (χ2v) is 5.83. The Balaban J connectivity index is 1.60. The molecule has 5 nitrogen and oxygen atoms in total. The van der Waals surface area contributed by atoms with Crippen molar-refractivity contribution in [3.8, 4) is 0 Å². The number of hydrogen-bond acceptors (Lipinski definition) is 4. The minimum absolute atomic E-state index is 0.00659. The summed E-state index contributed by atoms with van der Waals surface area (Å²) in [6.07, 6.45) is 0. The van der Waals surface area contributed by atoms with Crippen molar-refractivity contribution in [1.82, 2.24) is 0 Å². The van der Waals surface area contributed by atoms with Crippen LogP contribution in [-0.2, 0) is 14.3 Å². The Morgan fingerprint density at radius 2 is 1.22 bits per heavy atom. The first-order valence-electron chi connectivity index (χ1n) is 8.60. The lowest BCUT2D eigenvalue weighted by molar-refractivity contribution is -0.145. The van der Waals surface area contributed by atoms with Gasteiger partial charge in [0.2, 0.25) is 0 Å². The van der Waals surface area contributed by atoms with Crippen LogP contribution in [0.15, 0.2) is 91.0 Å². The van der Waals surface area contributed by atoms with Crippen LogP contribution < -0.4 is 10.2 Å². The van der Waals surface area contributed by atoms with E-state index in [2.05, 4.69) is 5.32 Å². The highest BCUT2D eigenvalue weighted by molar-refractivity contribution is 5.93. The first-order valence-corrected chi connectivity index (χ1v) is 8.60. The van der Waals surface area contributed by atoms with Gasteiger partial charge < -0.3 is 15.0 Å². The summed E-state index contributed by atoms with van der Waals surface area (Å²) >= 11 is 0. The number of carbonyl (C=O) groups excluding carboxylic acids is 2. The molecule has 136 valence electrons. The van der Waals surface area contributed by atoms with Gasteiger partial charge in [0, 0.05) is 17.1 Å². The van der Waals surface area contributed by atoms with E-state index in [1.807, 2.05) is 83.8 Å². The second-order valence-electron chi connectivity index (χ2n) is 5.83. The molecule has 0 atom stereocenters. The molecule has 0 aliphatic rings. The van der Waals surface area contributed by atoms with Crippen LogP contribution in [0, 0.1) is 0 Å². The molecule has 0 aromatic heterocycles. The lowest BCUT2D eigenvalue weighted by atomic mass is 10.2. The fourth-order valence-corrected chi connectivity index (χ4v) is 2.59. The van der Waals surface area contributed by atoms with Crippen molar-refractivity contribution >= 4 is 28.9 Å². The molecule has 3 aromatic rings. The van der Waals surface area contributed by atoms with Crippen LogP contribution in [0.1, 0.15) is 0 Å². The highest BCUT2D eigenvalue weighted by atomic mass is 16.5. The van der Waals surface area contributed by atoms with E-state index in [-0.39, 0.29) is 19.1 Å². The molecule has 5 heteroatoms. The Morgan fingerprint density at radius 1 is 0.741 bits per heavy atom. The van der Waals surface area contributed by atoms with E-state index in [0.717, 1.165) is 11.4 Å². The van der Waals surface area contributed by atoms with Gasteiger partial charge in [-0.05, 0) is 36.4 Å². The number of amides is 1. The highest BCUT2D eigenvalue weighted by Crippen LogP contribution is 2.24. The smallest absolute Gasteiger partial charge is 0.326 e. The maximum atomic E-state index is 12.3. The monoisotopic (exact) mass is 360 g/mol. The molecule has 0 radical (unpaired) electrons. The number of benzene rings is 3. The van der Waals surface area contributed by atoms with E-state index in [9.17, 15) is 9.59 Å². The van der Waals surface area contributed by atoms with E-state index >= 15 is 0 Å². The minimum atomic E-state index is -0.481. The summed E-state index contributed by atoms with van der Waals surface area (Å²) < 4.78 is 5.16. The first kappa shape index (κ1) is 18.2. The summed E-state index contributed by atoms with van der Waals surface area (Å²) in [5, 5.41) is 2.68. The largest absolute Gasteiger partial charge is 0.454 e. The summed E-state index contributed by atoms with van der Waals surface area (Å²) in [5.74, 6) is -0.855. The predicted octanol–water partition coefficient (Wildman–Crippen LogP) is 4.01. The third-order valence-corrected chi connectivity index (χ3v) is 3.84. The van der Waals surface area contributed by atoms with Crippen molar-refractivity contribution in [3.05, 3.63) is 91.0 Å². The molecular formula is C22H20N2O3. The molecular weight excluding hydrogens is 340 g/mol. The van der Waals surface area contributed by atoms with E-state index in [1.54, 1.807) is 12.1 Å². The number of rotatable bonds is 7. The summed E-state index contributed by atoms with van der Waals surface area (Å²) in [6.45, 7) is -0.322. The van der Waals surface area contributed by atoms with E-state index in [0.29, 0.717) is 5.69 Å². The number of nitrogens with zero attached hydrogens (tertiary/aromatic N) is 1. The van der Waals surface area contributed by atoms with Crippen molar-refractivity contribution in [2.45, 2.75) is 0 Å². The van der Waals surface area contributed by atoms with E-state index in [1.165, 1.54) is 0 Å². The molecule has 0 heterocycles. The standard InChI is InChI=1S/C22H20N2O3/c25-21(23-18-10-4-1-5-11-18)17-27-22(26)16-24(19-12-6-2-7-13-19)20-14-8-3-9-15-20/h1-15H,16-17H2,(H,23,25). The fraction of sp³-hybridized carbons (Fsp3) is 0.0909. The van der Waals surface area contributed by atoms with Gasteiger partial charge in [0.25, 0.3) is 5.91 Å². The zero-order valence-electron chi connectivity index (χ0n) is 14.7. The third-order valence-electron chi connectivity index (χ3n) is 3.84. The lowest BCUT2D eigenvalue weighted by Crippen LogP contribution is -2.29. The molecule has 0 saturated heterocycles. The topological polar surface area (TPSA) is 58.6 Å². The number of ether oxygens (including phenoxy) is 1. The van der Waals surface area contributed by atoms with Crippen LogP contribution in [0.25, 0.3) is 0 Å². The van der Waals surface area contributed by atoms with Crippen LogP contribution in [0.2, 0.25) is 0 Å².